The number of phosphoric ester groups is 1. The minimum absolute atomic E-state index is 0.0672. The molecule has 1 aliphatic rings. The SMILES string of the molecule is CCCCOP(=O)(OCCCC)OC1O[C@H](COC(C)=O)[C@@H](O)[C@H](OC(C)=O)[C@H]1OC(C)=O. The molecule has 13 heteroatoms. The van der Waals surface area contributed by atoms with Gasteiger partial charge in [0.2, 0.25) is 6.29 Å². The number of rotatable bonds is 14. The minimum Gasteiger partial charge on any atom is -0.463 e. The number of aliphatic hydroxyl groups is 1. The second-order valence-corrected chi connectivity index (χ2v) is 9.03. The standard InChI is InChI=1S/C20H35O12P/c1-6-8-10-27-33(25,28-11-9-7-2)32-20-19(30-15(5)23)18(29-14(4)22)17(24)16(31-20)12-26-13(3)21/h16-20,24H,6-12H2,1-5H3/t16-,17-,18+,19-,20?/m1/s1. The number of hydrogen-bond acceptors (Lipinski definition) is 12. The van der Waals surface area contributed by atoms with Crippen molar-refractivity contribution >= 4 is 25.7 Å². The number of esters is 3. The van der Waals surface area contributed by atoms with Crippen molar-refractivity contribution in [3.8, 4) is 0 Å². The van der Waals surface area contributed by atoms with E-state index in [-0.39, 0.29) is 13.2 Å². The van der Waals surface area contributed by atoms with Crippen molar-refractivity contribution in [3.63, 3.8) is 0 Å². The van der Waals surface area contributed by atoms with Gasteiger partial charge in [-0.2, -0.15) is 0 Å². The Balaban J connectivity index is 3.23. The predicted octanol–water partition coefficient (Wildman–Crippen LogP) is 2.26. The summed E-state index contributed by atoms with van der Waals surface area (Å²) in [5.41, 5.74) is 0. The Bertz CT molecular complexity index is 670. The fraction of sp³-hybridized carbons (Fsp3) is 0.850. The van der Waals surface area contributed by atoms with Crippen LogP contribution in [0.25, 0.3) is 0 Å². The van der Waals surface area contributed by atoms with Crippen LogP contribution in [0.3, 0.4) is 0 Å². The lowest BCUT2D eigenvalue weighted by Gasteiger charge is -2.43. The average molecular weight is 498 g/mol. The molecular formula is C20H35O12P. The zero-order valence-electron chi connectivity index (χ0n) is 19.7. The third-order valence-corrected chi connectivity index (χ3v) is 5.86. The number of ether oxygens (including phenoxy) is 4. The molecule has 0 aromatic rings. The van der Waals surface area contributed by atoms with Crippen LogP contribution < -0.4 is 0 Å². The van der Waals surface area contributed by atoms with Crippen LogP contribution in [0, 0.1) is 0 Å². The highest BCUT2D eigenvalue weighted by Crippen LogP contribution is 2.52. The van der Waals surface area contributed by atoms with Gasteiger partial charge in [-0.15, -0.1) is 0 Å². The van der Waals surface area contributed by atoms with Gasteiger partial charge in [0, 0.05) is 20.8 Å². The van der Waals surface area contributed by atoms with Gasteiger partial charge >= 0.3 is 25.7 Å². The van der Waals surface area contributed by atoms with Gasteiger partial charge in [0.1, 0.15) is 18.8 Å². The van der Waals surface area contributed by atoms with Crippen LogP contribution in [0.5, 0.6) is 0 Å². The Hall–Kier alpha value is -1.56. The number of hydrogen-bond donors (Lipinski definition) is 1. The van der Waals surface area contributed by atoms with Gasteiger partial charge < -0.3 is 24.1 Å². The third-order valence-electron chi connectivity index (χ3n) is 4.40. The van der Waals surface area contributed by atoms with E-state index in [0.717, 1.165) is 33.6 Å². The molecule has 0 saturated carbocycles. The first-order chi connectivity index (χ1) is 15.5. The molecule has 192 valence electrons. The summed E-state index contributed by atoms with van der Waals surface area (Å²) in [5.74, 6) is -2.23. The molecule has 0 aliphatic carbocycles. The number of aliphatic hydroxyl groups excluding tert-OH is 1. The first-order valence-electron chi connectivity index (χ1n) is 10.9. The maximum absolute atomic E-state index is 13.3. The molecule has 0 radical (unpaired) electrons. The van der Waals surface area contributed by atoms with E-state index in [0.29, 0.717) is 12.8 Å². The highest BCUT2D eigenvalue weighted by molar-refractivity contribution is 7.48. The molecule has 1 unspecified atom stereocenters. The van der Waals surface area contributed by atoms with E-state index in [1.165, 1.54) is 0 Å². The summed E-state index contributed by atoms with van der Waals surface area (Å²) in [5, 5.41) is 10.7. The molecule has 5 atom stereocenters. The van der Waals surface area contributed by atoms with Crippen molar-refractivity contribution in [1.82, 2.24) is 0 Å². The maximum Gasteiger partial charge on any atom is 0.477 e. The molecule has 0 aromatic heterocycles. The summed E-state index contributed by atoms with van der Waals surface area (Å²) in [6.45, 7) is 6.88. The molecule has 0 spiro atoms. The lowest BCUT2D eigenvalue weighted by atomic mass is 9.98. The van der Waals surface area contributed by atoms with Crippen LogP contribution in [0.15, 0.2) is 0 Å². The lowest BCUT2D eigenvalue weighted by molar-refractivity contribution is -0.289. The number of phosphoric acid groups is 1. The predicted molar refractivity (Wildman–Crippen MR) is 113 cm³/mol. The van der Waals surface area contributed by atoms with Crippen molar-refractivity contribution in [3.05, 3.63) is 0 Å². The quantitative estimate of drug-likeness (QED) is 0.162. The number of carbonyl (C=O) groups is 3. The van der Waals surface area contributed by atoms with Crippen molar-refractivity contribution in [2.45, 2.75) is 91.0 Å². The summed E-state index contributed by atoms with van der Waals surface area (Å²) in [6, 6.07) is 0. The summed E-state index contributed by atoms with van der Waals surface area (Å²) < 4.78 is 50.5. The average Bonchev–Trinajstić information content (AvgIpc) is 2.71. The lowest BCUT2D eigenvalue weighted by Crippen LogP contribution is -2.61. The van der Waals surface area contributed by atoms with Crippen molar-refractivity contribution < 1.29 is 56.6 Å². The first-order valence-corrected chi connectivity index (χ1v) is 12.4. The van der Waals surface area contributed by atoms with Gasteiger partial charge in [-0.25, -0.2) is 4.57 Å². The van der Waals surface area contributed by atoms with Crippen LogP contribution in [0.4, 0.5) is 0 Å². The Morgan fingerprint density at radius 1 is 0.879 bits per heavy atom. The maximum atomic E-state index is 13.3. The van der Waals surface area contributed by atoms with E-state index >= 15 is 0 Å². The summed E-state index contributed by atoms with van der Waals surface area (Å²) in [6.07, 6.45) is -4.74. The van der Waals surface area contributed by atoms with E-state index in [2.05, 4.69) is 0 Å². The van der Waals surface area contributed by atoms with Crippen LogP contribution in [-0.2, 0) is 51.5 Å². The summed E-state index contributed by atoms with van der Waals surface area (Å²) >= 11 is 0. The molecule has 1 rings (SSSR count). The summed E-state index contributed by atoms with van der Waals surface area (Å²) in [7, 11) is -4.22. The zero-order valence-corrected chi connectivity index (χ0v) is 20.6. The minimum atomic E-state index is -4.22. The Morgan fingerprint density at radius 2 is 1.39 bits per heavy atom. The topological polar surface area (TPSA) is 153 Å². The van der Waals surface area contributed by atoms with Gasteiger partial charge in [-0.05, 0) is 12.8 Å². The Kier molecular flexibility index (Phi) is 13.1. The molecule has 0 bridgehead atoms. The van der Waals surface area contributed by atoms with Gasteiger partial charge in [0.05, 0.1) is 13.2 Å². The highest BCUT2D eigenvalue weighted by atomic mass is 31.2. The first kappa shape index (κ1) is 29.5. The molecule has 1 N–H and O–H groups in total. The van der Waals surface area contributed by atoms with E-state index < -0.39 is 63.0 Å². The molecule has 33 heavy (non-hydrogen) atoms. The number of carbonyl (C=O) groups excluding carboxylic acids is 3. The van der Waals surface area contributed by atoms with E-state index in [1.807, 2.05) is 13.8 Å². The van der Waals surface area contributed by atoms with Gasteiger partial charge in [0.15, 0.2) is 12.2 Å². The molecule has 12 nitrogen and oxygen atoms in total. The highest BCUT2D eigenvalue weighted by Gasteiger charge is 2.52. The zero-order chi connectivity index (χ0) is 25.0. The van der Waals surface area contributed by atoms with E-state index in [9.17, 15) is 24.1 Å². The van der Waals surface area contributed by atoms with E-state index in [4.69, 9.17) is 32.5 Å². The van der Waals surface area contributed by atoms with Crippen molar-refractivity contribution in [2.24, 2.45) is 0 Å². The second kappa shape index (κ2) is 14.6. The fourth-order valence-electron chi connectivity index (χ4n) is 2.82. The van der Waals surface area contributed by atoms with Crippen LogP contribution in [0.1, 0.15) is 60.3 Å². The van der Waals surface area contributed by atoms with Crippen LogP contribution >= 0.6 is 7.82 Å². The molecular weight excluding hydrogens is 463 g/mol. The molecule has 0 amide bonds. The molecule has 0 aromatic carbocycles. The number of unbranched alkanes of at least 4 members (excludes halogenated alkanes) is 2. The fourth-order valence-corrected chi connectivity index (χ4v) is 4.15. The molecule has 1 heterocycles. The third kappa shape index (κ3) is 10.5. The van der Waals surface area contributed by atoms with Crippen LogP contribution in [-0.4, -0.2) is 73.5 Å². The normalized spacial score (nSPS) is 25.3. The molecule has 1 saturated heterocycles. The monoisotopic (exact) mass is 498 g/mol. The largest absolute Gasteiger partial charge is 0.477 e. The Labute approximate surface area is 193 Å². The molecule has 1 aliphatic heterocycles. The van der Waals surface area contributed by atoms with Gasteiger partial charge in [0.25, 0.3) is 0 Å². The Morgan fingerprint density at radius 3 is 1.85 bits per heavy atom. The van der Waals surface area contributed by atoms with Crippen molar-refractivity contribution in [1.29, 1.82) is 0 Å². The van der Waals surface area contributed by atoms with Crippen molar-refractivity contribution in [2.75, 3.05) is 19.8 Å². The van der Waals surface area contributed by atoms with E-state index in [1.54, 1.807) is 0 Å². The second-order valence-electron chi connectivity index (χ2n) is 7.41. The van der Waals surface area contributed by atoms with Gasteiger partial charge in [-0.3, -0.25) is 28.0 Å². The van der Waals surface area contributed by atoms with Crippen LogP contribution in [0.2, 0.25) is 0 Å². The summed E-state index contributed by atoms with van der Waals surface area (Å²) in [4.78, 5) is 34.6. The smallest absolute Gasteiger partial charge is 0.463 e. The van der Waals surface area contributed by atoms with Gasteiger partial charge in [-0.1, -0.05) is 26.7 Å². The molecule has 1 fully saturated rings.